The van der Waals surface area contributed by atoms with E-state index in [1.165, 1.54) is 10.5 Å². The molecule has 0 atom stereocenters. The Bertz CT molecular complexity index is 334. The summed E-state index contributed by atoms with van der Waals surface area (Å²) in [5.74, 6) is 0. The Labute approximate surface area is 102 Å². The molecule has 0 aromatic carbocycles. The maximum atomic E-state index is 4.99. The number of nitrogens with zero attached hydrogens (tertiary/aromatic N) is 1. The van der Waals surface area contributed by atoms with Crippen LogP contribution >= 0.6 is 11.3 Å². The zero-order chi connectivity index (χ0) is 11.8. The number of hydrogen-bond acceptors (Lipinski definition) is 4. The van der Waals surface area contributed by atoms with Gasteiger partial charge >= 0.3 is 0 Å². The molecule has 1 N–H and O–H groups in total. The quantitative estimate of drug-likeness (QED) is 0.744. The highest BCUT2D eigenvalue weighted by Gasteiger charge is 2.00. The Morgan fingerprint density at radius 1 is 1.62 bits per heavy atom. The Balaban J connectivity index is 2.47. The van der Waals surface area contributed by atoms with Crippen molar-refractivity contribution in [2.24, 2.45) is 0 Å². The van der Waals surface area contributed by atoms with E-state index in [0.29, 0.717) is 0 Å². The van der Waals surface area contributed by atoms with Crippen molar-refractivity contribution in [1.82, 2.24) is 10.3 Å². The summed E-state index contributed by atoms with van der Waals surface area (Å²) in [6.45, 7) is 6.82. The first-order chi connectivity index (χ1) is 7.77. The van der Waals surface area contributed by atoms with E-state index >= 15 is 0 Å². The lowest BCUT2D eigenvalue weighted by molar-refractivity contribution is 0.200. The van der Waals surface area contributed by atoms with E-state index in [0.717, 1.165) is 31.8 Å². The predicted octanol–water partition coefficient (Wildman–Crippen LogP) is 2.48. The van der Waals surface area contributed by atoms with Crippen LogP contribution in [0.5, 0.6) is 0 Å². The van der Waals surface area contributed by atoms with Crippen molar-refractivity contribution in [2.75, 3.05) is 26.8 Å². The standard InChI is InChI=1S/C12H20N2OS/c1-4-11(8-13-5-6-15-3)7-12-10(2)14-9-16-12/h7,9,13H,4-6,8H2,1-3H3. The molecule has 0 aliphatic carbocycles. The molecule has 0 unspecified atom stereocenters. The molecular formula is C12H20N2OS. The molecule has 0 saturated carbocycles. The highest BCUT2D eigenvalue weighted by atomic mass is 32.1. The van der Waals surface area contributed by atoms with Crippen molar-refractivity contribution in [2.45, 2.75) is 20.3 Å². The molecule has 0 aliphatic rings. The van der Waals surface area contributed by atoms with Crippen LogP contribution in [0.2, 0.25) is 0 Å². The van der Waals surface area contributed by atoms with Crippen LogP contribution in [0.1, 0.15) is 23.9 Å². The topological polar surface area (TPSA) is 34.2 Å². The molecule has 0 amide bonds. The maximum absolute atomic E-state index is 4.99. The van der Waals surface area contributed by atoms with E-state index in [2.05, 4.69) is 23.3 Å². The summed E-state index contributed by atoms with van der Waals surface area (Å²) in [6.07, 6.45) is 3.31. The SMILES string of the molecule is CCC(=Cc1scnc1C)CNCCOC. The fourth-order valence-electron chi connectivity index (χ4n) is 1.34. The minimum absolute atomic E-state index is 0.760. The molecule has 0 radical (unpaired) electrons. The minimum atomic E-state index is 0.760. The van der Waals surface area contributed by atoms with Gasteiger partial charge in [-0.25, -0.2) is 4.98 Å². The molecule has 0 fully saturated rings. The minimum Gasteiger partial charge on any atom is -0.383 e. The zero-order valence-electron chi connectivity index (χ0n) is 10.2. The molecule has 1 rings (SSSR count). The summed E-state index contributed by atoms with van der Waals surface area (Å²) in [6, 6.07) is 0. The van der Waals surface area contributed by atoms with Gasteiger partial charge < -0.3 is 10.1 Å². The lowest BCUT2D eigenvalue weighted by atomic mass is 10.1. The van der Waals surface area contributed by atoms with Gasteiger partial charge in [-0.05, 0) is 19.4 Å². The Hall–Kier alpha value is -0.710. The second-order valence-electron chi connectivity index (χ2n) is 3.63. The average Bonchev–Trinajstić information content (AvgIpc) is 2.68. The van der Waals surface area contributed by atoms with Crippen LogP contribution in [0.15, 0.2) is 11.1 Å². The molecule has 0 aliphatic heterocycles. The number of aryl methyl sites for hydroxylation is 1. The number of nitrogens with one attached hydrogen (secondary N) is 1. The third-order valence-corrected chi connectivity index (χ3v) is 3.29. The molecule has 3 nitrogen and oxygen atoms in total. The smallest absolute Gasteiger partial charge is 0.0801 e. The fourth-order valence-corrected chi connectivity index (χ4v) is 2.12. The van der Waals surface area contributed by atoms with Crippen molar-refractivity contribution in [3.8, 4) is 0 Å². The largest absolute Gasteiger partial charge is 0.383 e. The Kier molecular flexibility index (Phi) is 6.30. The first-order valence-corrected chi connectivity index (χ1v) is 6.45. The van der Waals surface area contributed by atoms with Crippen LogP contribution in [-0.2, 0) is 4.74 Å². The van der Waals surface area contributed by atoms with Gasteiger partial charge in [0.2, 0.25) is 0 Å². The third kappa shape index (κ3) is 4.43. The molecule has 16 heavy (non-hydrogen) atoms. The van der Waals surface area contributed by atoms with Crippen molar-refractivity contribution >= 4 is 17.4 Å². The first kappa shape index (κ1) is 13.4. The second-order valence-corrected chi connectivity index (χ2v) is 4.51. The zero-order valence-corrected chi connectivity index (χ0v) is 11.1. The van der Waals surface area contributed by atoms with E-state index in [-0.39, 0.29) is 0 Å². The molecule has 90 valence electrons. The van der Waals surface area contributed by atoms with E-state index in [9.17, 15) is 0 Å². The van der Waals surface area contributed by atoms with Gasteiger partial charge in [0.05, 0.1) is 17.8 Å². The van der Waals surface area contributed by atoms with Gasteiger partial charge in [-0.3, -0.25) is 0 Å². The number of ether oxygens (including phenoxy) is 1. The average molecular weight is 240 g/mol. The second kappa shape index (κ2) is 7.54. The molecular weight excluding hydrogens is 220 g/mol. The number of rotatable bonds is 7. The predicted molar refractivity (Wildman–Crippen MR) is 69.9 cm³/mol. The third-order valence-electron chi connectivity index (χ3n) is 2.41. The number of thiazole rings is 1. The van der Waals surface area contributed by atoms with Crippen LogP contribution in [-0.4, -0.2) is 31.8 Å². The normalized spacial score (nSPS) is 12.1. The van der Waals surface area contributed by atoms with E-state index in [1.807, 2.05) is 12.4 Å². The van der Waals surface area contributed by atoms with Crippen LogP contribution in [0, 0.1) is 6.92 Å². The first-order valence-electron chi connectivity index (χ1n) is 5.57. The Morgan fingerprint density at radius 2 is 2.44 bits per heavy atom. The molecule has 0 spiro atoms. The highest BCUT2D eigenvalue weighted by molar-refractivity contribution is 7.10. The monoisotopic (exact) mass is 240 g/mol. The van der Waals surface area contributed by atoms with Crippen molar-refractivity contribution < 1.29 is 4.74 Å². The van der Waals surface area contributed by atoms with Gasteiger partial charge in [0.25, 0.3) is 0 Å². The van der Waals surface area contributed by atoms with E-state index in [4.69, 9.17) is 4.74 Å². The van der Waals surface area contributed by atoms with Crippen LogP contribution in [0.4, 0.5) is 0 Å². The van der Waals surface area contributed by atoms with Crippen LogP contribution in [0.3, 0.4) is 0 Å². The molecule has 1 heterocycles. The van der Waals surface area contributed by atoms with E-state index in [1.54, 1.807) is 18.4 Å². The van der Waals surface area contributed by atoms with Crippen LogP contribution < -0.4 is 5.32 Å². The summed E-state index contributed by atoms with van der Waals surface area (Å²) < 4.78 is 4.99. The summed E-state index contributed by atoms with van der Waals surface area (Å²) >= 11 is 1.70. The van der Waals surface area contributed by atoms with Crippen molar-refractivity contribution in [3.63, 3.8) is 0 Å². The van der Waals surface area contributed by atoms with E-state index < -0.39 is 0 Å². The Morgan fingerprint density at radius 3 is 3.00 bits per heavy atom. The molecule has 1 aromatic heterocycles. The van der Waals surface area contributed by atoms with Gasteiger partial charge in [-0.1, -0.05) is 12.5 Å². The summed E-state index contributed by atoms with van der Waals surface area (Å²) in [7, 11) is 1.72. The molecule has 0 saturated heterocycles. The van der Waals surface area contributed by atoms with Gasteiger partial charge in [0.1, 0.15) is 0 Å². The number of methoxy groups -OCH3 is 1. The highest BCUT2D eigenvalue weighted by Crippen LogP contribution is 2.17. The van der Waals surface area contributed by atoms with Gasteiger partial charge in [-0.15, -0.1) is 11.3 Å². The van der Waals surface area contributed by atoms with Gasteiger partial charge in [0.15, 0.2) is 0 Å². The van der Waals surface area contributed by atoms with Crippen molar-refractivity contribution in [3.05, 3.63) is 21.7 Å². The number of aromatic nitrogens is 1. The summed E-state index contributed by atoms with van der Waals surface area (Å²) in [4.78, 5) is 5.52. The molecule has 4 heteroatoms. The summed E-state index contributed by atoms with van der Waals surface area (Å²) in [5, 5.41) is 3.36. The van der Waals surface area contributed by atoms with Gasteiger partial charge in [-0.2, -0.15) is 0 Å². The number of hydrogen-bond donors (Lipinski definition) is 1. The summed E-state index contributed by atoms with van der Waals surface area (Å²) in [5.41, 5.74) is 4.42. The molecule has 1 aromatic rings. The lowest BCUT2D eigenvalue weighted by Crippen LogP contribution is -2.21. The fraction of sp³-hybridized carbons (Fsp3) is 0.583. The van der Waals surface area contributed by atoms with Gasteiger partial charge in [0, 0.05) is 25.1 Å². The van der Waals surface area contributed by atoms with Crippen LogP contribution in [0.25, 0.3) is 6.08 Å². The maximum Gasteiger partial charge on any atom is 0.0801 e. The van der Waals surface area contributed by atoms with Crippen molar-refractivity contribution in [1.29, 1.82) is 0 Å². The lowest BCUT2D eigenvalue weighted by Gasteiger charge is -2.06. The molecule has 0 bridgehead atoms.